The van der Waals surface area contributed by atoms with Crippen molar-refractivity contribution in [2.45, 2.75) is 25.3 Å². The first kappa shape index (κ1) is 19.5. The predicted molar refractivity (Wildman–Crippen MR) is 112 cm³/mol. The zero-order chi connectivity index (χ0) is 20.4. The fourth-order valence-electron chi connectivity index (χ4n) is 4.24. The molecule has 1 saturated heterocycles. The summed E-state index contributed by atoms with van der Waals surface area (Å²) in [7, 11) is 5.17. The molecule has 6 heteroatoms. The Labute approximate surface area is 171 Å². The molecule has 1 aliphatic heterocycles. The molecule has 0 saturated carbocycles. The average molecular weight is 393 g/mol. The average Bonchev–Trinajstić information content (AvgIpc) is 3.08. The summed E-state index contributed by atoms with van der Waals surface area (Å²) >= 11 is 0. The molecule has 0 aliphatic carbocycles. The Hall–Kier alpha value is -2.86. The number of aromatic nitrogens is 2. The number of rotatable bonds is 5. The van der Waals surface area contributed by atoms with Crippen LogP contribution in [-0.4, -0.2) is 47.7 Å². The van der Waals surface area contributed by atoms with Gasteiger partial charge in [0.1, 0.15) is 11.6 Å². The maximum Gasteiger partial charge on any atom is 0.337 e. The lowest BCUT2D eigenvalue weighted by Gasteiger charge is -2.32. The number of carbonyl (C=O) groups is 1. The van der Waals surface area contributed by atoms with Crippen LogP contribution in [0.1, 0.15) is 40.5 Å². The molecule has 0 unspecified atom stereocenters. The van der Waals surface area contributed by atoms with E-state index in [9.17, 15) is 4.79 Å². The highest BCUT2D eigenvalue weighted by Crippen LogP contribution is 2.34. The summed E-state index contributed by atoms with van der Waals surface area (Å²) in [5.74, 6) is 2.20. The van der Waals surface area contributed by atoms with Crippen LogP contribution in [0.25, 0.3) is 11.0 Å². The number of esters is 1. The maximum atomic E-state index is 11.8. The summed E-state index contributed by atoms with van der Waals surface area (Å²) in [5.41, 5.74) is 3.70. The highest BCUT2D eigenvalue weighted by molar-refractivity contribution is 5.93. The normalized spacial score (nSPS) is 15.6. The van der Waals surface area contributed by atoms with Crippen molar-refractivity contribution in [2.75, 3.05) is 27.3 Å². The monoisotopic (exact) mass is 393 g/mol. The second kappa shape index (κ2) is 8.25. The van der Waals surface area contributed by atoms with Crippen LogP contribution in [0.2, 0.25) is 0 Å². The summed E-state index contributed by atoms with van der Waals surface area (Å²) in [6.45, 7) is 2.86. The van der Waals surface area contributed by atoms with Gasteiger partial charge in [0.2, 0.25) is 0 Å². The molecule has 2 heterocycles. The lowest BCUT2D eigenvalue weighted by molar-refractivity contribution is 0.0601. The van der Waals surface area contributed by atoms with Crippen molar-refractivity contribution in [1.82, 2.24) is 14.5 Å². The first-order valence-corrected chi connectivity index (χ1v) is 9.99. The molecule has 0 radical (unpaired) electrons. The van der Waals surface area contributed by atoms with Crippen molar-refractivity contribution in [3.05, 3.63) is 59.4 Å². The van der Waals surface area contributed by atoms with Gasteiger partial charge in [0.25, 0.3) is 0 Å². The van der Waals surface area contributed by atoms with Crippen LogP contribution in [0.5, 0.6) is 5.75 Å². The zero-order valence-corrected chi connectivity index (χ0v) is 17.2. The van der Waals surface area contributed by atoms with Crippen molar-refractivity contribution in [3.63, 3.8) is 0 Å². The first-order chi connectivity index (χ1) is 14.1. The third-order valence-corrected chi connectivity index (χ3v) is 5.93. The predicted octanol–water partition coefficient (Wildman–Crippen LogP) is 3.75. The van der Waals surface area contributed by atoms with Gasteiger partial charge in [-0.15, -0.1) is 0 Å². The van der Waals surface area contributed by atoms with Gasteiger partial charge in [-0.3, -0.25) is 4.90 Å². The number of fused-ring (bicyclic) bond motifs is 1. The molecular formula is C23H27N3O3. The minimum Gasteiger partial charge on any atom is -0.496 e. The van der Waals surface area contributed by atoms with Gasteiger partial charge in [0.05, 0.1) is 37.4 Å². The lowest BCUT2D eigenvalue weighted by Crippen LogP contribution is -2.33. The summed E-state index contributed by atoms with van der Waals surface area (Å²) in [6.07, 6.45) is 2.22. The van der Waals surface area contributed by atoms with Crippen LogP contribution in [0, 0.1) is 0 Å². The Morgan fingerprint density at radius 1 is 1.14 bits per heavy atom. The van der Waals surface area contributed by atoms with E-state index in [0.717, 1.165) is 55.1 Å². The van der Waals surface area contributed by atoms with Gasteiger partial charge in [-0.2, -0.15) is 0 Å². The molecular weight excluding hydrogens is 366 g/mol. The SMILES string of the molecule is COC(=O)c1ccc2c(c1)nc(CN1CCC(c3ccccc3OC)CC1)n2C. The molecule has 1 aliphatic rings. The number of methoxy groups -OCH3 is 2. The fraction of sp³-hybridized carbons (Fsp3) is 0.391. The van der Waals surface area contributed by atoms with Crippen LogP contribution in [-0.2, 0) is 18.3 Å². The van der Waals surface area contributed by atoms with E-state index >= 15 is 0 Å². The molecule has 0 N–H and O–H groups in total. The Bertz CT molecular complexity index is 1020. The molecule has 1 fully saturated rings. The van der Waals surface area contributed by atoms with E-state index in [1.165, 1.54) is 12.7 Å². The summed E-state index contributed by atoms with van der Waals surface area (Å²) < 4.78 is 12.5. The van der Waals surface area contributed by atoms with Crippen LogP contribution >= 0.6 is 0 Å². The largest absolute Gasteiger partial charge is 0.496 e. The van der Waals surface area contributed by atoms with Gasteiger partial charge in [-0.05, 0) is 61.7 Å². The van der Waals surface area contributed by atoms with Gasteiger partial charge in [0, 0.05) is 7.05 Å². The van der Waals surface area contributed by atoms with E-state index in [2.05, 4.69) is 21.6 Å². The van der Waals surface area contributed by atoms with Crippen molar-refractivity contribution in [2.24, 2.45) is 7.05 Å². The smallest absolute Gasteiger partial charge is 0.337 e. The number of benzene rings is 2. The number of nitrogens with zero attached hydrogens (tertiary/aromatic N) is 3. The number of likely N-dealkylation sites (tertiary alicyclic amines) is 1. The Kier molecular flexibility index (Phi) is 5.53. The quantitative estimate of drug-likeness (QED) is 0.618. The van der Waals surface area contributed by atoms with Crippen molar-refractivity contribution in [1.29, 1.82) is 0 Å². The van der Waals surface area contributed by atoms with Crippen LogP contribution in [0.3, 0.4) is 0 Å². The van der Waals surface area contributed by atoms with E-state index in [1.807, 2.05) is 25.2 Å². The molecule has 0 spiro atoms. The van der Waals surface area contributed by atoms with Gasteiger partial charge in [0.15, 0.2) is 0 Å². The minimum atomic E-state index is -0.336. The number of aryl methyl sites for hydroxylation is 1. The fourth-order valence-corrected chi connectivity index (χ4v) is 4.24. The van der Waals surface area contributed by atoms with Crippen LogP contribution < -0.4 is 4.74 Å². The Morgan fingerprint density at radius 2 is 1.90 bits per heavy atom. The molecule has 1 aromatic heterocycles. The van der Waals surface area contributed by atoms with Crippen molar-refractivity contribution in [3.8, 4) is 5.75 Å². The molecule has 3 aromatic rings. The van der Waals surface area contributed by atoms with Crippen LogP contribution in [0.15, 0.2) is 42.5 Å². The van der Waals surface area contributed by atoms with Gasteiger partial charge in [-0.1, -0.05) is 18.2 Å². The van der Waals surface area contributed by atoms with Gasteiger partial charge in [-0.25, -0.2) is 9.78 Å². The number of ether oxygens (including phenoxy) is 2. The number of hydrogen-bond donors (Lipinski definition) is 0. The third-order valence-electron chi connectivity index (χ3n) is 5.93. The molecule has 0 bridgehead atoms. The van der Waals surface area contributed by atoms with E-state index in [0.29, 0.717) is 11.5 Å². The number of carbonyl (C=O) groups excluding carboxylic acids is 1. The summed E-state index contributed by atoms with van der Waals surface area (Å²) in [5, 5.41) is 0. The number of para-hydroxylation sites is 1. The summed E-state index contributed by atoms with van der Waals surface area (Å²) in [4.78, 5) is 19.0. The highest BCUT2D eigenvalue weighted by atomic mass is 16.5. The highest BCUT2D eigenvalue weighted by Gasteiger charge is 2.24. The maximum absolute atomic E-state index is 11.8. The van der Waals surface area contributed by atoms with Crippen molar-refractivity contribution >= 4 is 17.0 Å². The minimum absolute atomic E-state index is 0.336. The topological polar surface area (TPSA) is 56.6 Å². The molecule has 4 rings (SSSR count). The van der Waals surface area contributed by atoms with E-state index in [1.54, 1.807) is 19.2 Å². The van der Waals surface area contributed by atoms with Crippen LogP contribution in [0.4, 0.5) is 0 Å². The molecule has 152 valence electrons. The van der Waals surface area contributed by atoms with Gasteiger partial charge < -0.3 is 14.0 Å². The number of piperidine rings is 1. The summed E-state index contributed by atoms with van der Waals surface area (Å²) in [6, 6.07) is 13.9. The number of hydrogen-bond acceptors (Lipinski definition) is 5. The zero-order valence-electron chi connectivity index (χ0n) is 17.2. The second-order valence-corrected chi connectivity index (χ2v) is 7.57. The standard InChI is InChI=1S/C23H27N3O3/c1-25-20-9-8-17(23(27)29-3)14-19(20)24-22(25)15-26-12-10-16(11-13-26)18-6-4-5-7-21(18)28-2/h4-9,14,16H,10-13,15H2,1-3H3. The van der Waals surface area contributed by atoms with Crippen molar-refractivity contribution < 1.29 is 14.3 Å². The number of imidazole rings is 1. The van der Waals surface area contributed by atoms with Gasteiger partial charge >= 0.3 is 5.97 Å². The van der Waals surface area contributed by atoms with E-state index < -0.39 is 0 Å². The molecule has 0 atom stereocenters. The van der Waals surface area contributed by atoms with E-state index in [-0.39, 0.29) is 5.97 Å². The molecule has 0 amide bonds. The molecule has 29 heavy (non-hydrogen) atoms. The third kappa shape index (κ3) is 3.85. The Balaban J connectivity index is 1.46. The van der Waals surface area contributed by atoms with E-state index in [4.69, 9.17) is 14.5 Å². The molecule has 2 aromatic carbocycles. The first-order valence-electron chi connectivity index (χ1n) is 9.99. The molecule has 6 nitrogen and oxygen atoms in total. The lowest BCUT2D eigenvalue weighted by atomic mass is 9.89. The second-order valence-electron chi connectivity index (χ2n) is 7.57. The Morgan fingerprint density at radius 3 is 2.62 bits per heavy atom.